The summed E-state index contributed by atoms with van der Waals surface area (Å²) in [5.74, 6) is -12.8. The van der Waals surface area contributed by atoms with Gasteiger partial charge in [-0.3, -0.25) is 0 Å². The van der Waals surface area contributed by atoms with Gasteiger partial charge >= 0.3 is 5.51 Å². The van der Waals surface area contributed by atoms with Gasteiger partial charge in [0.1, 0.15) is 0 Å². The lowest BCUT2D eigenvalue weighted by Gasteiger charge is -2.24. The Balaban J connectivity index is 3.52. The van der Waals surface area contributed by atoms with Gasteiger partial charge in [-0.1, -0.05) is 4.47 Å². The predicted molar refractivity (Wildman–Crippen MR) is 49.9 cm³/mol. The number of nitrogens with zero attached hydrogens (tertiary/aromatic N) is 1. The lowest BCUT2D eigenvalue weighted by atomic mass is 10.2. The largest absolute Gasteiger partial charge is 0.601 e. The molecular formula is C8H3F8NO2S. The average molecular weight is 329 g/mol. The van der Waals surface area contributed by atoms with Gasteiger partial charge in [-0.25, -0.2) is 26.8 Å². The Kier molecular flexibility index (Phi) is 4.71. The molecule has 0 saturated heterocycles. The Morgan fingerprint density at radius 3 is 1.55 bits per heavy atom. The molecule has 0 amide bonds. The van der Waals surface area contributed by atoms with Crippen molar-refractivity contribution in [2.75, 3.05) is 11.6 Å². The minimum Gasteiger partial charge on any atom is -0.583 e. The lowest BCUT2D eigenvalue weighted by Crippen LogP contribution is -2.41. The third-order valence-electron chi connectivity index (χ3n) is 1.88. The van der Waals surface area contributed by atoms with E-state index in [1.54, 1.807) is 0 Å². The predicted octanol–water partition coefficient (Wildman–Crippen LogP) is 2.93. The van der Waals surface area contributed by atoms with Gasteiger partial charge in [0.25, 0.3) is 0 Å². The van der Waals surface area contributed by atoms with Crippen LogP contribution < -0.4 is 4.47 Å². The van der Waals surface area contributed by atoms with Crippen molar-refractivity contribution < 1.29 is 44.5 Å². The summed E-state index contributed by atoms with van der Waals surface area (Å²) in [5.41, 5.74) is -7.66. The van der Waals surface area contributed by atoms with Crippen molar-refractivity contribution in [1.82, 2.24) is 0 Å². The van der Waals surface area contributed by atoms with Gasteiger partial charge in [0.05, 0.1) is 7.11 Å². The first-order valence-electron chi connectivity index (χ1n) is 4.38. The molecule has 0 radical (unpaired) electrons. The SMILES string of the molecule is CON(c1c(F)c(F)c(F)c(F)c1F)[S+]([O-])C(F)(F)F. The smallest absolute Gasteiger partial charge is 0.583 e. The molecule has 20 heavy (non-hydrogen) atoms. The quantitative estimate of drug-likeness (QED) is 0.281. The molecule has 114 valence electrons. The van der Waals surface area contributed by atoms with E-state index in [9.17, 15) is 39.7 Å². The molecular weight excluding hydrogens is 326 g/mol. The van der Waals surface area contributed by atoms with Crippen LogP contribution in [0.25, 0.3) is 0 Å². The normalized spacial score (nSPS) is 13.5. The van der Waals surface area contributed by atoms with Gasteiger partial charge < -0.3 is 4.55 Å². The molecule has 0 spiro atoms. The summed E-state index contributed by atoms with van der Waals surface area (Å²) < 4.78 is 111. The van der Waals surface area contributed by atoms with Crippen molar-refractivity contribution in [2.24, 2.45) is 0 Å². The van der Waals surface area contributed by atoms with E-state index in [2.05, 4.69) is 4.84 Å². The van der Waals surface area contributed by atoms with Crippen LogP contribution in [0.2, 0.25) is 0 Å². The molecule has 0 fully saturated rings. The Morgan fingerprint density at radius 2 is 1.25 bits per heavy atom. The van der Waals surface area contributed by atoms with Crippen molar-refractivity contribution >= 4 is 17.0 Å². The van der Waals surface area contributed by atoms with Crippen molar-refractivity contribution in [1.29, 1.82) is 0 Å². The number of hydrogen-bond acceptors (Lipinski definition) is 3. The first-order valence-corrected chi connectivity index (χ1v) is 5.49. The molecule has 1 aromatic carbocycles. The molecule has 1 unspecified atom stereocenters. The Bertz CT molecular complexity index is 493. The highest BCUT2D eigenvalue weighted by atomic mass is 32.2. The van der Waals surface area contributed by atoms with Crippen LogP contribution in [0.5, 0.6) is 0 Å². The number of alkyl halides is 3. The van der Waals surface area contributed by atoms with Crippen LogP contribution in [0.15, 0.2) is 0 Å². The maximum absolute atomic E-state index is 13.2. The monoisotopic (exact) mass is 329 g/mol. The average Bonchev–Trinajstić information content (AvgIpc) is 2.37. The van der Waals surface area contributed by atoms with Crippen LogP contribution in [0.1, 0.15) is 0 Å². The molecule has 0 bridgehead atoms. The van der Waals surface area contributed by atoms with Gasteiger partial charge in [-0.15, -0.1) is 13.2 Å². The molecule has 0 N–H and O–H groups in total. The second-order valence-corrected chi connectivity index (χ2v) is 4.35. The van der Waals surface area contributed by atoms with Crippen molar-refractivity contribution in [3.8, 4) is 0 Å². The summed E-state index contributed by atoms with van der Waals surface area (Å²) >= 11 is -4.19. The van der Waals surface area contributed by atoms with Crippen LogP contribution >= 0.6 is 0 Å². The number of anilines is 1. The number of halogens is 8. The minimum atomic E-state index is -5.55. The highest BCUT2D eigenvalue weighted by Gasteiger charge is 2.53. The van der Waals surface area contributed by atoms with Gasteiger partial charge in [-0.05, 0) is 0 Å². The van der Waals surface area contributed by atoms with Gasteiger partial charge in [-0.2, -0.15) is 0 Å². The van der Waals surface area contributed by atoms with Crippen LogP contribution in [0.4, 0.5) is 40.8 Å². The third-order valence-corrected chi connectivity index (χ3v) is 2.91. The zero-order valence-corrected chi connectivity index (χ0v) is 10.0. The molecule has 12 heteroatoms. The second-order valence-electron chi connectivity index (χ2n) is 3.05. The minimum absolute atomic E-state index is 0.404. The summed E-state index contributed by atoms with van der Waals surface area (Å²) in [6.45, 7) is 0. The molecule has 1 aromatic rings. The molecule has 0 saturated carbocycles. The van der Waals surface area contributed by atoms with Crippen molar-refractivity contribution in [3.63, 3.8) is 0 Å². The van der Waals surface area contributed by atoms with E-state index in [0.717, 1.165) is 0 Å². The molecule has 0 aromatic heterocycles. The van der Waals surface area contributed by atoms with E-state index >= 15 is 0 Å². The molecule has 0 aliphatic rings. The van der Waals surface area contributed by atoms with Crippen LogP contribution in [0, 0.1) is 29.1 Å². The highest BCUT2D eigenvalue weighted by Crippen LogP contribution is 2.36. The number of hydrogen-bond donors (Lipinski definition) is 0. The fourth-order valence-corrected chi connectivity index (χ4v) is 1.74. The summed E-state index contributed by atoms with van der Waals surface area (Å²) in [7, 11) is 0.404. The van der Waals surface area contributed by atoms with Gasteiger partial charge in [0.15, 0.2) is 29.0 Å². The molecule has 0 aliphatic heterocycles. The van der Waals surface area contributed by atoms with E-state index in [4.69, 9.17) is 0 Å². The standard InChI is InChI=1S/C8H3F8NO2S/c1-19-17(20(18)8(14,15)16)7-5(12)3(10)2(9)4(11)6(7)13/h1H3. The Morgan fingerprint density at radius 1 is 0.900 bits per heavy atom. The molecule has 1 rings (SSSR count). The number of benzene rings is 1. The van der Waals surface area contributed by atoms with E-state index in [-0.39, 0.29) is 0 Å². The van der Waals surface area contributed by atoms with Crippen LogP contribution in [-0.2, 0) is 16.2 Å². The summed E-state index contributed by atoms with van der Waals surface area (Å²) in [5, 5.41) is 0. The third kappa shape index (κ3) is 2.76. The molecule has 3 nitrogen and oxygen atoms in total. The zero-order chi connectivity index (χ0) is 15.8. The highest BCUT2D eigenvalue weighted by molar-refractivity contribution is 7.93. The van der Waals surface area contributed by atoms with Gasteiger partial charge in [0, 0.05) is 0 Å². The molecule has 0 aliphatic carbocycles. The fourth-order valence-electron chi connectivity index (χ4n) is 1.09. The van der Waals surface area contributed by atoms with Crippen LogP contribution in [0.3, 0.4) is 0 Å². The Labute approximate surface area is 109 Å². The second kappa shape index (κ2) is 5.61. The van der Waals surface area contributed by atoms with E-state index in [1.807, 2.05) is 0 Å². The Hall–Kier alpha value is -1.27. The molecule has 0 heterocycles. The maximum Gasteiger partial charge on any atom is 0.601 e. The van der Waals surface area contributed by atoms with E-state index in [1.165, 1.54) is 0 Å². The van der Waals surface area contributed by atoms with E-state index in [0.29, 0.717) is 7.11 Å². The zero-order valence-electron chi connectivity index (χ0n) is 9.20. The van der Waals surface area contributed by atoms with Crippen molar-refractivity contribution in [3.05, 3.63) is 29.1 Å². The number of rotatable bonds is 3. The van der Waals surface area contributed by atoms with E-state index < -0.39 is 56.1 Å². The summed E-state index contributed by atoms with van der Waals surface area (Å²) in [6.07, 6.45) is 0. The first kappa shape index (κ1) is 16.8. The first-order chi connectivity index (χ1) is 9.03. The maximum atomic E-state index is 13.2. The topological polar surface area (TPSA) is 35.5 Å². The fraction of sp³-hybridized carbons (Fsp3) is 0.250. The molecule has 1 atom stereocenters. The lowest BCUT2D eigenvalue weighted by molar-refractivity contribution is -0.0467. The summed E-state index contributed by atoms with van der Waals surface area (Å²) in [6, 6.07) is 0. The van der Waals surface area contributed by atoms with Gasteiger partial charge in [0.2, 0.25) is 17.2 Å². The van der Waals surface area contributed by atoms with Crippen LogP contribution in [-0.4, -0.2) is 17.2 Å². The summed E-state index contributed by atoms with van der Waals surface area (Å²) in [4.78, 5) is 3.81. The van der Waals surface area contributed by atoms with Crippen molar-refractivity contribution in [2.45, 2.75) is 5.51 Å².